The maximum Gasteiger partial charge on any atom is 0.188 e. The molecule has 0 heterocycles. The molecule has 0 aliphatic carbocycles. The molecule has 0 aliphatic heterocycles. The van der Waals surface area contributed by atoms with E-state index >= 15 is 0 Å². The van der Waals surface area contributed by atoms with Crippen LogP contribution in [0.15, 0.2) is 23.1 Å². The summed E-state index contributed by atoms with van der Waals surface area (Å²) in [6.45, 7) is 2.81. The number of carbonyl (C=O) groups is 1. The fourth-order valence-electron chi connectivity index (χ4n) is 1.20. The molecule has 0 saturated heterocycles. The molecule has 15 heavy (non-hydrogen) atoms. The Kier molecular flexibility index (Phi) is 3.24. The minimum Gasteiger partial charge on any atom is -0.299 e. The fraction of sp³-hybridized carbons (Fsp3) is 0.300. The van der Waals surface area contributed by atoms with E-state index in [1.165, 1.54) is 12.1 Å². The topological polar surface area (TPSA) is 51.2 Å². The van der Waals surface area contributed by atoms with E-state index < -0.39 is 32.1 Å². The van der Waals surface area contributed by atoms with Gasteiger partial charge in [-0.3, -0.25) is 4.79 Å². The predicted octanol–water partition coefficient (Wildman–Crippen LogP) is 1.50. The average Bonchev–Trinajstić information content (AvgIpc) is 1.99. The van der Waals surface area contributed by atoms with Gasteiger partial charge in [0.25, 0.3) is 0 Å². The molecule has 0 N–H and O–H groups in total. The van der Waals surface area contributed by atoms with Gasteiger partial charge in [-0.05, 0) is 31.5 Å². The number of halogens is 1. The van der Waals surface area contributed by atoms with Crippen molar-refractivity contribution in [3.05, 3.63) is 29.6 Å². The Labute approximate surface area is 87.8 Å². The maximum atomic E-state index is 13.3. The summed E-state index contributed by atoms with van der Waals surface area (Å²) in [5.41, 5.74) is 0.634. The van der Waals surface area contributed by atoms with Crippen molar-refractivity contribution in [2.45, 2.75) is 18.7 Å². The summed E-state index contributed by atoms with van der Waals surface area (Å²) in [6, 6.07) is 3.81. The number of carbonyl (C=O) groups excluding carboxylic acids is 1. The molecule has 1 rings (SSSR count). The van der Waals surface area contributed by atoms with Gasteiger partial charge in [0.1, 0.15) is 22.2 Å². The Hall–Kier alpha value is -1.23. The molecule has 5 heteroatoms. The first kappa shape index (κ1) is 11.8. The van der Waals surface area contributed by atoms with Gasteiger partial charge in [0, 0.05) is 0 Å². The van der Waals surface area contributed by atoms with E-state index in [4.69, 9.17) is 0 Å². The van der Waals surface area contributed by atoms with Crippen molar-refractivity contribution < 1.29 is 17.6 Å². The number of ketones is 1. The van der Waals surface area contributed by atoms with Gasteiger partial charge < -0.3 is 0 Å². The normalized spacial score (nSPS) is 11.4. The number of sulfone groups is 1. The second-order valence-electron chi connectivity index (χ2n) is 3.39. The second kappa shape index (κ2) is 4.10. The van der Waals surface area contributed by atoms with Crippen molar-refractivity contribution in [2.24, 2.45) is 0 Å². The lowest BCUT2D eigenvalue weighted by Crippen LogP contribution is -2.14. The molecule has 0 aliphatic rings. The van der Waals surface area contributed by atoms with E-state index in [2.05, 4.69) is 0 Å². The van der Waals surface area contributed by atoms with Crippen molar-refractivity contribution >= 4 is 15.6 Å². The molecule has 0 fully saturated rings. The van der Waals surface area contributed by atoms with E-state index in [9.17, 15) is 17.6 Å². The molecule has 1 aromatic carbocycles. The van der Waals surface area contributed by atoms with E-state index in [0.29, 0.717) is 5.56 Å². The zero-order chi connectivity index (χ0) is 11.6. The highest BCUT2D eigenvalue weighted by Crippen LogP contribution is 2.17. The Morgan fingerprint density at radius 1 is 1.40 bits per heavy atom. The summed E-state index contributed by atoms with van der Waals surface area (Å²) in [4.78, 5) is 10.3. The van der Waals surface area contributed by atoms with Crippen LogP contribution in [0.4, 0.5) is 4.39 Å². The largest absolute Gasteiger partial charge is 0.299 e. The Morgan fingerprint density at radius 3 is 2.47 bits per heavy atom. The molecular weight excluding hydrogens is 219 g/mol. The van der Waals surface area contributed by atoms with Gasteiger partial charge >= 0.3 is 0 Å². The highest BCUT2D eigenvalue weighted by molar-refractivity contribution is 7.92. The van der Waals surface area contributed by atoms with Gasteiger partial charge in [0.15, 0.2) is 9.84 Å². The Morgan fingerprint density at radius 2 is 2.00 bits per heavy atom. The van der Waals surface area contributed by atoms with Crippen molar-refractivity contribution in [3.8, 4) is 0 Å². The summed E-state index contributed by atoms with van der Waals surface area (Å²) in [5.74, 6) is -1.97. The number of hydrogen-bond donors (Lipinski definition) is 0. The standard InChI is InChI=1S/C10H11FO3S/c1-7-3-4-10(9(11)5-7)15(13,14)6-8(2)12/h3-5H,6H2,1-2H3. The van der Waals surface area contributed by atoms with Crippen LogP contribution in [0.25, 0.3) is 0 Å². The summed E-state index contributed by atoms with van der Waals surface area (Å²) < 4.78 is 36.3. The molecule has 82 valence electrons. The van der Waals surface area contributed by atoms with Crippen LogP contribution in [0, 0.1) is 12.7 Å². The quantitative estimate of drug-likeness (QED) is 0.790. The van der Waals surface area contributed by atoms with Crippen molar-refractivity contribution in [3.63, 3.8) is 0 Å². The van der Waals surface area contributed by atoms with Gasteiger partial charge in [0.2, 0.25) is 0 Å². The molecule has 1 aromatic rings. The van der Waals surface area contributed by atoms with Crippen LogP contribution >= 0.6 is 0 Å². The molecule has 0 aromatic heterocycles. The average molecular weight is 230 g/mol. The highest BCUT2D eigenvalue weighted by Gasteiger charge is 2.20. The minimum absolute atomic E-state index is 0.414. The molecule has 3 nitrogen and oxygen atoms in total. The Balaban J connectivity index is 3.22. The van der Waals surface area contributed by atoms with Crippen LogP contribution < -0.4 is 0 Å². The third-order valence-electron chi connectivity index (χ3n) is 1.82. The van der Waals surface area contributed by atoms with Crippen molar-refractivity contribution in [2.75, 3.05) is 5.75 Å². The molecule has 0 unspecified atom stereocenters. The first-order valence-corrected chi connectivity index (χ1v) is 5.96. The van der Waals surface area contributed by atoms with Crippen molar-refractivity contribution in [1.82, 2.24) is 0 Å². The van der Waals surface area contributed by atoms with Gasteiger partial charge in [0.05, 0.1) is 0 Å². The second-order valence-corrected chi connectivity index (χ2v) is 5.35. The van der Waals surface area contributed by atoms with E-state index in [1.807, 2.05) is 0 Å². The smallest absolute Gasteiger partial charge is 0.188 e. The van der Waals surface area contributed by atoms with Crippen LogP contribution in [0.2, 0.25) is 0 Å². The first-order chi connectivity index (χ1) is 6.83. The van der Waals surface area contributed by atoms with Crippen LogP contribution in [-0.2, 0) is 14.6 Å². The molecule has 0 spiro atoms. The van der Waals surface area contributed by atoms with Crippen LogP contribution in [0.5, 0.6) is 0 Å². The van der Waals surface area contributed by atoms with Crippen LogP contribution in [0.1, 0.15) is 12.5 Å². The molecule has 0 radical (unpaired) electrons. The lowest BCUT2D eigenvalue weighted by molar-refractivity contribution is -0.114. The molecule has 0 amide bonds. The number of benzene rings is 1. The minimum atomic E-state index is -3.83. The molecule has 0 atom stereocenters. The number of hydrogen-bond acceptors (Lipinski definition) is 3. The third kappa shape index (κ3) is 2.86. The SMILES string of the molecule is CC(=O)CS(=O)(=O)c1ccc(C)cc1F. The zero-order valence-electron chi connectivity index (χ0n) is 8.45. The monoisotopic (exact) mass is 230 g/mol. The summed E-state index contributed by atoms with van der Waals surface area (Å²) >= 11 is 0. The van der Waals surface area contributed by atoms with E-state index in [-0.39, 0.29) is 0 Å². The summed E-state index contributed by atoms with van der Waals surface area (Å²) in [6.07, 6.45) is 0. The number of Topliss-reactive ketones (excluding diaryl/α,β-unsaturated/α-hetero) is 1. The maximum absolute atomic E-state index is 13.3. The number of aryl methyl sites for hydroxylation is 1. The molecule has 0 saturated carbocycles. The lowest BCUT2D eigenvalue weighted by Gasteiger charge is -2.04. The number of rotatable bonds is 3. The van der Waals surface area contributed by atoms with Gasteiger partial charge in [-0.1, -0.05) is 6.07 Å². The molecule has 0 bridgehead atoms. The van der Waals surface area contributed by atoms with Crippen LogP contribution in [0.3, 0.4) is 0 Å². The summed E-state index contributed by atoms with van der Waals surface area (Å²) in [7, 11) is -3.83. The predicted molar refractivity (Wildman–Crippen MR) is 53.9 cm³/mol. The Bertz CT molecular complexity index is 491. The van der Waals surface area contributed by atoms with Crippen molar-refractivity contribution in [1.29, 1.82) is 0 Å². The highest BCUT2D eigenvalue weighted by atomic mass is 32.2. The van der Waals surface area contributed by atoms with E-state index in [0.717, 1.165) is 13.0 Å². The zero-order valence-corrected chi connectivity index (χ0v) is 9.27. The van der Waals surface area contributed by atoms with Gasteiger partial charge in [-0.2, -0.15) is 0 Å². The summed E-state index contributed by atoms with van der Waals surface area (Å²) in [5, 5.41) is 0. The lowest BCUT2D eigenvalue weighted by atomic mass is 10.2. The fourth-order valence-corrected chi connectivity index (χ4v) is 2.53. The first-order valence-electron chi connectivity index (χ1n) is 4.31. The molecular formula is C10H11FO3S. The third-order valence-corrected chi connectivity index (χ3v) is 3.60. The van der Waals surface area contributed by atoms with Crippen LogP contribution in [-0.4, -0.2) is 20.0 Å². The van der Waals surface area contributed by atoms with Gasteiger partial charge in [-0.25, -0.2) is 12.8 Å². The van der Waals surface area contributed by atoms with Gasteiger partial charge in [-0.15, -0.1) is 0 Å². The van der Waals surface area contributed by atoms with E-state index in [1.54, 1.807) is 6.92 Å².